The fraction of sp³-hybridized carbons (Fsp3) is 0.562. The van der Waals surface area contributed by atoms with Gasteiger partial charge in [0.05, 0.1) is 17.7 Å². The predicted molar refractivity (Wildman–Crippen MR) is 106 cm³/mol. The van der Waals surface area contributed by atoms with Crippen LogP contribution >= 0.6 is 35.0 Å². The summed E-state index contributed by atoms with van der Waals surface area (Å²) in [6.45, 7) is 1.12. The highest BCUT2D eigenvalue weighted by molar-refractivity contribution is 7.98. The second-order valence-electron chi connectivity index (χ2n) is 5.95. The first-order valence-corrected chi connectivity index (χ1v) is 11.8. The lowest BCUT2D eigenvalue weighted by Gasteiger charge is -2.26. The van der Waals surface area contributed by atoms with Gasteiger partial charge in [0.15, 0.2) is 0 Å². The van der Waals surface area contributed by atoms with Gasteiger partial charge in [-0.3, -0.25) is 4.79 Å². The van der Waals surface area contributed by atoms with Gasteiger partial charge in [0.2, 0.25) is 15.9 Å². The Hall–Kier alpha value is -0.510. The molecule has 146 valence electrons. The van der Waals surface area contributed by atoms with Crippen molar-refractivity contribution in [3.63, 3.8) is 0 Å². The minimum absolute atomic E-state index is 0.0478. The van der Waals surface area contributed by atoms with E-state index in [1.54, 1.807) is 0 Å². The number of hydrogen-bond donors (Lipinski definition) is 2. The molecule has 1 saturated heterocycles. The van der Waals surface area contributed by atoms with E-state index in [9.17, 15) is 13.2 Å². The summed E-state index contributed by atoms with van der Waals surface area (Å²) in [7, 11) is -4.00. The smallest absolute Gasteiger partial charge is 0.242 e. The molecule has 1 amide bonds. The van der Waals surface area contributed by atoms with Crippen molar-refractivity contribution in [2.24, 2.45) is 0 Å². The Balaban J connectivity index is 2.14. The van der Waals surface area contributed by atoms with Gasteiger partial charge in [-0.05, 0) is 49.5 Å². The average molecular weight is 441 g/mol. The lowest BCUT2D eigenvalue weighted by molar-refractivity contribution is -0.124. The van der Waals surface area contributed by atoms with Gasteiger partial charge in [0.1, 0.15) is 10.9 Å². The maximum absolute atomic E-state index is 12.7. The molecule has 0 aliphatic carbocycles. The van der Waals surface area contributed by atoms with Crippen LogP contribution in [0.15, 0.2) is 23.1 Å². The summed E-state index contributed by atoms with van der Waals surface area (Å²) in [6, 6.07) is 3.18. The van der Waals surface area contributed by atoms with Gasteiger partial charge in [-0.1, -0.05) is 23.2 Å². The van der Waals surface area contributed by atoms with Crippen molar-refractivity contribution in [3.05, 3.63) is 28.2 Å². The van der Waals surface area contributed by atoms with Crippen molar-refractivity contribution >= 4 is 50.9 Å². The highest BCUT2D eigenvalue weighted by Crippen LogP contribution is 2.25. The minimum Gasteiger partial charge on any atom is -0.379 e. The molecule has 0 aromatic heterocycles. The lowest BCUT2D eigenvalue weighted by atomic mass is 10.1. The Morgan fingerprint density at radius 1 is 1.42 bits per heavy atom. The fourth-order valence-corrected chi connectivity index (χ4v) is 5.03. The molecular formula is C16H22Cl2N2O4S2. The molecule has 1 fully saturated rings. The summed E-state index contributed by atoms with van der Waals surface area (Å²) in [5, 5.41) is 3.17. The molecule has 1 aliphatic heterocycles. The fourth-order valence-electron chi connectivity index (χ4n) is 2.57. The van der Waals surface area contributed by atoms with E-state index < -0.39 is 16.1 Å². The molecule has 26 heavy (non-hydrogen) atoms. The maximum Gasteiger partial charge on any atom is 0.242 e. The maximum atomic E-state index is 12.7. The third-order valence-corrected chi connectivity index (χ3v) is 6.75. The highest BCUT2D eigenvalue weighted by atomic mass is 35.5. The molecule has 10 heteroatoms. The normalized spacial score (nSPS) is 19.1. The summed E-state index contributed by atoms with van der Waals surface area (Å²) in [4.78, 5) is 12.5. The number of sulfonamides is 1. The Kier molecular flexibility index (Phi) is 8.50. The Morgan fingerprint density at radius 3 is 2.85 bits per heavy atom. The first-order chi connectivity index (χ1) is 12.3. The predicted octanol–water partition coefficient (Wildman–Crippen LogP) is 2.69. The third kappa shape index (κ3) is 6.28. The number of benzene rings is 1. The summed E-state index contributed by atoms with van der Waals surface area (Å²) in [5.41, 5.74) is 0. The largest absolute Gasteiger partial charge is 0.379 e. The number of halogens is 2. The minimum atomic E-state index is -4.00. The van der Waals surface area contributed by atoms with Crippen molar-refractivity contribution in [2.45, 2.75) is 36.2 Å². The second-order valence-corrected chi connectivity index (χ2v) is 9.46. The van der Waals surface area contributed by atoms with Crippen LogP contribution in [0.5, 0.6) is 0 Å². The van der Waals surface area contributed by atoms with Gasteiger partial charge in [-0.15, -0.1) is 0 Å². The number of ether oxygens (including phenoxy) is 1. The lowest BCUT2D eigenvalue weighted by Crippen LogP contribution is -2.51. The van der Waals surface area contributed by atoms with Crippen LogP contribution in [0.2, 0.25) is 10.0 Å². The van der Waals surface area contributed by atoms with E-state index in [0.29, 0.717) is 25.4 Å². The Labute approximate surface area is 168 Å². The molecule has 1 heterocycles. The van der Waals surface area contributed by atoms with Crippen LogP contribution < -0.4 is 10.0 Å². The topological polar surface area (TPSA) is 84.5 Å². The van der Waals surface area contributed by atoms with Gasteiger partial charge >= 0.3 is 0 Å². The average Bonchev–Trinajstić information content (AvgIpc) is 2.61. The van der Waals surface area contributed by atoms with Crippen molar-refractivity contribution < 1.29 is 17.9 Å². The molecule has 2 unspecified atom stereocenters. The van der Waals surface area contributed by atoms with Crippen LogP contribution in [-0.2, 0) is 19.6 Å². The second kappa shape index (κ2) is 10.1. The van der Waals surface area contributed by atoms with Gasteiger partial charge < -0.3 is 10.1 Å². The molecule has 6 nitrogen and oxygen atoms in total. The summed E-state index contributed by atoms with van der Waals surface area (Å²) >= 11 is 13.4. The van der Waals surface area contributed by atoms with Crippen LogP contribution in [0.4, 0.5) is 0 Å². The number of amides is 1. The van der Waals surface area contributed by atoms with E-state index in [4.69, 9.17) is 27.9 Å². The SMILES string of the molecule is CSCCC(NS(=O)(=O)c1cc(Cl)ccc1Cl)C(=O)NC1CCCOC1. The zero-order valence-corrected chi connectivity index (χ0v) is 17.5. The van der Waals surface area contributed by atoms with E-state index in [0.717, 1.165) is 12.8 Å². The number of nitrogens with one attached hydrogen (secondary N) is 2. The zero-order chi connectivity index (χ0) is 19.2. The number of rotatable bonds is 8. The number of hydrogen-bond acceptors (Lipinski definition) is 5. The number of carbonyl (C=O) groups is 1. The zero-order valence-electron chi connectivity index (χ0n) is 14.3. The van der Waals surface area contributed by atoms with Gasteiger partial charge in [0, 0.05) is 11.6 Å². The third-order valence-electron chi connectivity index (χ3n) is 3.91. The van der Waals surface area contributed by atoms with Crippen molar-refractivity contribution in [2.75, 3.05) is 25.2 Å². The van der Waals surface area contributed by atoms with Gasteiger partial charge in [-0.25, -0.2) is 8.42 Å². The Morgan fingerprint density at radius 2 is 2.19 bits per heavy atom. The van der Waals surface area contributed by atoms with E-state index >= 15 is 0 Å². The van der Waals surface area contributed by atoms with E-state index in [2.05, 4.69) is 10.0 Å². The molecule has 0 spiro atoms. The van der Waals surface area contributed by atoms with Crippen molar-refractivity contribution in [3.8, 4) is 0 Å². The molecule has 0 bridgehead atoms. The monoisotopic (exact) mass is 440 g/mol. The van der Waals surface area contributed by atoms with Crippen LogP contribution in [0.25, 0.3) is 0 Å². The first-order valence-electron chi connectivity index (χ1n) is 8.18. The molecule has 0 saturated carbocycles. The summed E-state index contributed by atoms with van der Waals surface area (Å²) in [6.07, 6.45) is 3.93. The van der Waals surface area contributed by atoms with Crippen LogP contribution in [-0.4, -0.2) is 51.6 Å². The molecule has 2 atom stereocenters. The highest BCUT2D eigenvalue weighted by Gasteiger charge is 2.29. The molecule has 2 rings (SSSR count). The van der Waals surface area contributed by atoms with E-state index in [1.807, 2.05) is 6.26 Å². The molecule has 2 N–H and O–H groups in total. The van der Waals surface area contributed by atoms with E-state index in [-0.39, 0.29) is 26.9 Å². The van der Waals surface area contributed by atoms with E-state index in [1.165, 1.54) is 30.0 Å². The number of carbonyl (C=O) groups excluding carboxylic acids is 1. The number of thioether (sulfide) groups is 1. The molecule has 1 aliphatic rings. The van der Waals surface area contributed by atoms with Crippen LogP contribution in [0, 0.1) is 0 Å². The molecule has 0 radical (unpaired) electrons. The van der Waals surface area contributed by atoms with Crippen molar-refractivity contribution in [1.82, 2.24) is 10.0 Å². The Bertz CT molecular complexity index is 725. The van der Waals surface area contributed by atoms with Gasteiger partial charge in [0.25, 0.3) is 0 Å². The first kappa shape index (κ1) is 21.8. The summed E-state index contributed by atoms with van der Waals surface area (Å²) in [5.74, 6) is 0.265. The quantitative estimate of drug-likeness (QED) is 0.648. The molecule has 1 aromatic carbocycles. The van der Waals surface area contributed by atoms with Gasteiger partial charge in [-0.2, -0.15) is 16.5 Å². The van der Waals surface area contributed by atoms with Crippen LogP contribution in [0.3, 0.4) is 0 Å². The molecule has 1 aromatic rings. The van der Waals surface area contributed by atoms with Crippen LogP contribution in [0.1, 0.15) is 19.3 Å². The molecular weight excluding hydrogens is 419 g/mol. The summed E-state index contributed by atoms with van der Waals surface area (Å²) < 4.78 is 33.2. The standard InChI is InChI=1S/C16H22Cl2N2O4S2/c1-25-8-6-14(16(21)19-12-3-2-7-24-10-12)20-26(22,23)15-9-11(17)4-5-13(15)18/h4-5,9,12,14,20H,2-3,6-8,10H2,1H3,(H,19,21). The van der Waals surface area contributed by atoms with Crippen molar-refractivity contribution in [1.29, 1.82) is 0 Å².